The van der Waals surface area contributed by atoms with Crippen LogP contribution in [0.1, 0.15) is 11.1 Å². The summed E-state index contributed by atoms with van der Waals surface area (Å²) in [6.07, 6.45) is 0. The molecule has 0 radical (unpaired) electrons. The van der Waals surface area contributed by atoms with Crippen molar-refractivity contribution in [2.75, 3.05) is 0 Å². The molecule has 0 heterocycles. The van der Waals surface area contributed by atoms with Crippen LogP contribution in [-0.2, 0) is 6.54 Å². The fourth-order valence-corrected chi connectivity index (χ4v) is 1.87. The molecule has 0 aliphatic heterocycles. The van der Waals surface area contributed by atoms with Crippen molar-refractivity contribution in [1.29, 1.82) is 5.26 Å². The Balaban J connectivity index is 3.36. The van der Waals surface area contributed by atoms with Gasteiger partial charge in [0.05, 0.1) is 10.6 Å². The fraction of sp³-hybridized carbons (Fsp3) is 0.125. The number of nitriles is 1. The van der Waals surface area contributed by atoms with Crippen LogP contribution >= 0.6 is 34.2 Å². The van der Waals surface area contributed by atoms with E-state index in [1.54, 1.807) is 0 Å². The largest absolute Gasteiger partial charge is 0.326 e. The Morgan fingerprint density at radius 2 is 2.25 bits per heavy atom. The highest BCUT2D eigenvalue weighted by atomic mass is 127. The molecule has 1 aromatic carbocycles. The Bertz CT molecular complexity index is 344. The van der Waals surface area contributed by atoms with Crippen LogP contribution in [0.25, 0.3) is 0 Å². The van der Waals surface area contributed by atoms with E-state index in [1.807, 2.05) is 18.2 Å². The Morgan fingerprint density at radius 3 is 2.75 bits per heavy atom. The van der Waals surface area contributed by atoms with Crippen molar-refractivity contribution in [2.45, 2.75) is 6.54 Å². The van der Waals surface area contributed by atoms with Crippen molar-refractivity contribution >= 4 is 34.2 Å². The number of hydrogen-bond acceptors (Lipinski definition) is 2. The third-order valence-electron chi connectivity index (χ3n) is 1.50. The van der Waals surface area contributed by atoms with Gasteiger partial charge in [0, 0.05) is 10.1 Å². The quantitative estimate of drug-likeness (QED) is 0.807. The average Bonchev–Trinajstić information content (AvgIpc) is 2.06. The van der Waals surface area contributed by atoms with Gasteiger partial charge in [0.1, 0.15) is 6.07 Å². The lowest BCUT2D eigenvalue weighted by Crippen LogP contribution is -1.99. The van der Waals surface area contributed by atoms with E-state index in [0.29, 0.717) is 17.1 Å². The van der Waals surface area contributed by atoms with Gasteiger partial charge in [0.2, 0.25) is 0 Å². The Labute approximate surface area is 89.5 Å². The summed E-state index contributed by atoms with van der Waals surface area (Å²) >= 11 is 7.98. The highest BCUT2D eigenvalue weighted by Gasteiger charge is 2.07. The zero-order valence-corrected chi connectivity index (χ0v) is 9.06. The first-order chi connectivity index (χ1) is 5.70. The molecule has 0 amide bonds. The molecule has 0 aromatic heterocycles. The van der Waals surface area contributed by atoms with Crippen LogP contribution in [0.4, 0.5) is 0 Å². The van der Waals surface area contributed by atoms with Crippen LogP contribution < -0.4 is 5.73 Å². The molecule has 0 bridgehead atoms. The molecule has 12 heavy (non-hydrogen) atoms. The minimum atomic E-state index is 0.366. The molecule has 2 nitrogen and oxygen atoms in total. The molecule has 1 aromatic rings. The second-order valence-electron chi connectivity index (χ2n) is 2.21. The maximum atomic E-state index is 8.74. The highest BCUT2D eigenvalue weighted by molar-refractivity contribution is 14.1. The van der Waals surface area contributed by atoms with Crippen LogP contribution in [0.5, 0.6) is 0 Å². The summed E-state index contributed by atoms with van der Waals surface area (Å²) in [4.78, 5) is 0. The van der Waals surface area contributed by atoms with Gasteiger partial charge >= 0.3 is 0 Å². The lowest BCUT2D eigenvalue weighted by atomic mass is 10.1. The van der Waals surface area contributed by atoms with Crippen molar-refractivity contribution in [1.82, 2.24) is 0 Å². The summed E-state index contributed by atoms with van der Waals surface area (Å²) in [7, 11) is 0. The van der Waals surface area contributed by atoms with Gasteiger partial charge in [0.25, 0.3) is 0 Å². The van der Waals surface area contributed by atoms with E-state index in [1.165, 1.54) is 0 Å². The first-order valence-corrected chi connectivity index (χ1v) is 4.73. The highest BCUT2D eigenvalue weighted by Crippen LogP contribution is 2.24. The van der Waals surface area contributed by atoms with E-state index < -0.39 is 0 Å². The van der Waals surface area contributed by atoms with Crippen molar-refractivity contribution < 1.29 is 0 Å². The van der Waals surface area contributed by atoms with Crippen molar-refractivity contribution in [3.05, 3.63) is 31.9 Å². The van der Waals surface area contributed by atoms with Gasteiger partial charge in [-0.2, -0.15) is 5.26 Å². The van der Waals surface area contributed by atoms with E-state index >= 15 is 0 Å². The molecule has 0 fully saturated rings. The van der Waals surface area contributed by atoms with E-state index in [9.17, 15) is 0 Å². The minimum absolute atomic E-state index is 0.366. The van der Waals surface area contributed by atoms with Crippen molar-refractivity contribution in [3.8, 4) is 6.07 Å². The number of nitrogens with two attached hydrogens (primary N) is 1. The van der Waals surface area contributed by atoms with Crippen LogP contribution in [-0.4, -0.2) is 0 Å². The molecule has 0 spiro atoms. The standard InChI is InChI=1S/C8H6ClIN2/c9-8-5(3-11)1-2-7(10)6(8)4-12/h1-2H,3,11H2. The maximum absolute atomic E-state index is 8.74. The molecule has 0 aliphatic rings. The second-order valence-corrected chi connectivity index (χ2v) is 3.75. The first-order valence-electron chi connectivity index (χ1n) is 3.27. The van der Waals surface area contributed by atoms with Gasteiger partial charge in [-0.25, -0.2) is 0 Å². The Kier molecular flexibility index (Phi) is 3.32. The maximum Gasteiger partial charge on any atom is 0.102 e. The molecular formula is C8H6ClIN2. The molecule has 0 unspecified atom stereocenters. The second kappa shape index (κ2) is 4.08. The molecular weight excluding hydrogens is 286 g/mol. The minimum Gasteiger partial charge on any atom is -0.326 e. The van der Waals surface area contributed by atoms with E-state index in [2.05, 4.69) is 22.6 Å². The lowest BCUT2D eigenvalue weighted by molar-refractivity contribution is 1.07. The van der Waals surface area contributed by atoms with Crippen molar-refractivity contribution in [3.63, 3.8) is 0 Å². The van der Waals surface area contributed by atoms with Gasteiger partial charge in [-0.05, 0) is 34.2 Å². The molecule has 0 saturated carbocycles. The number of benzene rings is 1. The van der Waals surface area contributed by atoms with E-state index in [0.717, 1.165) is 9.13 Å². The van der Waals surface area contributed by atoms with E-state index in [-0.39, 0.29) is 0 Å². The summed E-state index contributed by atoms with van der Waals surface area (Å²) in [5, 5.41) is 9.22. The zero-order chi connectivity index (χ0) is 9.14. The van der Waals surface area contributed by atoms with Gasteiger partial charge in [-0.1, -0.05) is 17.7 Å². The van der Waals surface area contributed by atoms with E-state index in [4.69, 9.17) is 22.6 Å². The number of hydrogen-bond donors (Lipinski definition) is 1. The first kappa shape index (κ1) is 9.78. The fourth-order valence-electron chi connectivity index (χ4n) is 0.856. The molecule has 62 valence electrons. The van der Waals surface area contributed by atoms with Crippen molar-refractivity contribution in [2.24, 2.45) is 5.73 Å². The summed E-state index contributed by atoms with van der Waals surface area (Å²) in [5.41, 5.74) is 6.76. The summed E-state index contributed by atoms with van der Waals surface area (Å²) in [6, 6.07) is 5.72. The molecule has 0 atom stereocenters. The SMILES string of the molecule is N#Cc1c(I)ccc(CN)c1Cl. The summed E-state index contributed by atoms with van der Waals surface area (Å²) in [6.45, 7) is 0.366. The molecule has 4 heteroatoms. The van der Waals surface area contributed by atoms with Gasteiger partial charge in [-0.15, -0.1) is 0 Å². The lowest BCUT2D eigenvalue weighted by Gasteiger charge is -2.03. The third kappa shape index (κ3) is 1.71. The number of nitrogens with zero attached hydrogens (tertiary/aromatic N) is 1. The third-order valence-corrected chi connectivity index (χ3v) is 2.83. The number of halogens is 2. The zero-order valence-electron chi connectivity index (χ0n) is 6.14. The normalized spacial score (nSPS) is 9.50. The van der Waals surface area contributed by atoms with Gasteiger partial charge in [0.15, 0.2) is 0 Å². The summed E-state index contributed by atoms with van der Waals surface area (Å²) in [5.74, 6) is 0. The van der Waals surface area contributed by atoms with Crippen LogP contribution in [0.15, 0.2) is 12.1 Å². The Morgan fingerprint density at radius 1 is 1.58 bits per heavy atom. The Hall–Kier alpha value is -0.310. The van der Waals surface area contributed by atoms with Crippen LogP contribution in [0.2, 0.25) is 5.02 Å². The van der Waals surface area contributed by atoms with Crippen LogP contribution in [0.3, 0.4) is 0 Å². The topological polar surface area (TPSA) is 49.8 Å². The molecule has 2 N–H and O–H groups in total. The molecule has 1 rings (SSSR count). The summed E-state index contributed by atoms with van der Waals surface area (Å²) < 4.78 is 0.859. The predicted molar refractivity (Wildman–Crippen MR) is 56.8 cm³/mol. The number of rotatable bonds is 1. The molecule has 0 saturated heterocycles. The van der Waals surface area contributed by atoms with Crippen LogP contribution in [0, 0.1) is 14.9 Å². The monoisotopic (exact) mass is 292 g/mol. The van der Waals surface area contributed by atoms with Gasteiger partial charge < -0.3 is 5.73 Å². The van der Waals surface area contributed by atoms with Gasteiger partial charge in [-0.3, -0.25) is 0 Å². The molecule has 0 aliphatic carbocycles. The average molecular weight is 293 g/mol. The predicted octanol–water partition coefficient (Wildman–Crippen LogP) is 2.27. The smallest absolute Gasteiger partial charge is 0.102 e.